The van der Waals surface area contributed by atoms with Gasteiger partial charge in [-0.3, -0.25) is 4.79 Å². The van der Waals surface area contributed by atoms with E-state index in [9.17, 15) is 23.1 Å². The van der Waals surface area contributed by atoms with Gasteiger partial charge < -0.3 is 15.0 Å². The minimum atomic E-state index is -5.07. The molecule has 0 aliphatic heterocycles. The monoisotopic (exact) mass is 370 g/mol. The number of alkyl halides is 3. The zero-order valence-electron chi connectivity index (χ0n) is 12.9. The molecule has 2 aromatic heterocycles. The molecule has 25 heavy (non-hydrogen) atoms. The van der Waals surface area contributed by atoms with Gasteiger partial charge in [-0.1, -0.05) is 23.5 Å². The van der Waals surface area contributed by atoms with Crippen molar-refractivity contribution in [1.29, 1.82) is 0 Å². The van der Waals surface area contributed by atoms with Crippen LogP contribution in [0.4, 0.5) is 18.3 Å². The van der Waals surface area contributed by atoms with Crippen LogP contribution in [-0.2, 0) is 17.4 Å². The summed E-state index contributed by atoms with van der Waals surface area (Å²) in [6, 6.07) is 7.05. The molecule has 0 spiro atoms. The number of carbonyl (C=O) groups excluding carboxylic acids is 1. The molecule has 0 bridgehead atoms. The molecule has 132 valence electrons. The zero-order valence-corrected chi connectivity index (χ0v) is 13.7. The second kappa shape index (κ2) is 6.12. The number of carbonyl (C=O) groups is 1. The molecule has 2 N–H and O–H groups in total. The largest absolute Gasteiger partial charge is 0.425 e. The SMILES string of the molecule is Cn1ccnc1C(O)(CC(=O)Nc1nc2ccccc2s1)C(F)(F)F. The maximum atomic E-state index is 13.4. The highest BCUT2D eigenvalue weighted by molar-refractivity contribution is 7.22. The van der Waals surface area contributed by atoms with E-state index in [1.807, 2.05) is 0 Å². The van der Waals surface area contributed by atoms with Gasteiger partial charge in [-0.25, -0.2) is 9.97 Å². The summed E-state index contributed by atoms with van der Waals surface area (Å²) >= 11 is 1.13. The Morgan fingerprint density at radius 1 is 1.36 bits per heavy atom. The van der Waals surface area contributed by atoms with Gasteiger partial charge in [-0.2, -0.15) is 13.2 Å². The second-order valence-corrected chi connectivity index (χ2v) is 6.46. The number of aromatic nitrogens is 3. The summed E-state index contributed by atoms with van der Waals surface area (Å²) in [7, 11) is 1.31. The second-order valence-electron chi connectivity index (χ2n) is 5.43. The highest BCUT2D eigenvalue weighted by atomic mass is 32.1. The van der Waals surface area contributed by atoms with E-state index in [4.69, 9.17) is 0 Å². The van der Waals surface area contributed by atoms with E-state index >= 15 is 0 Å². The Labute approximate surface area is 143 Å². The molecule has 1 atom stereocenters. The van der Waals surface area contributed by atoms with Gasteiger partial charge in [0.15, 0.2) is 11.0 Å². The summed E-state index contributed by atoms with van der Waals surface area (Å²) in [5.41, 5.74) is -2.77. The summed E-state index contributed by atoms with van der Waals surface area (Å²) < 4.78 is 42.1. The van der Waals surface area contributed by atoms with Crippen molar-refractivity contribution < 1.29 is 23.1 Å². The van der Waals surface area contributed by atoms with E-state index in [-0.39, 0.29) is 5.13 Å². The van der Waals surface area contributed by atoms with Crippen LogP contribution in [0.2, 0.25) is 0 Å². The minimum Gasteiger partial charge on any atom is -0.374 e. The first-order valence-corrected chi connectivity index (χ1v) is 7.95. The van der Waals surface area contributed by atoms with E-state index in [1.54, 1.807) is 24.3 Å². The van der Waals surface area contributed by atoms with Crippen molar-refractivity contribution >= 4 is 32.6 Å². The van der Waals surface area contributed by atoms with Crippen molar-refractivity contribution in [1.82, 2.24) is 14.5 Å². The Morgan fingerprint density at radius 2 is 2.08 bits per heavy atom. The Kier molecular flexibility index (Phi) is 4.25. The van der Waals surface area contributed by atoms with Gasteiger partial charge >= 0.3 is 6.18 Å². The van der Waals surface area contributed by atoms with E-state index in [1.165, 1.54) is 13.2 Å². The topological polar surface area (TPSA) is 80.0 Å². The lowest BCUT2D eigenvalue weighted by Crippen LogP contribution is -2.46. The smallest absolute Gasteiger partial charge is 0.374 e. The Morgan fingerprint density at radius 3 is 2.68 bits per heavy atom. The predicted molar refractivity (Wildman–Crippen MR) is 86.0 cm³/mol. The van der Waals surface area contributed by atoms with Crippen molar-refractivity contribution in [3.63, 3.8) is 0 Å². The van der Waals surface area contributed by atoms with Crippen LogP contribution >= 0.6 is 11.3 Å². The Balaban J connectivity index is 1.84. The van der Waals surface area contributed by atoms with Crippen molar-refractivity contribution in [3.8, 4) is 0 Å². The summed E-state index contributed by atoms with van der Waals surface area (Å²) in [6.07, 6.45) is -3.91. The third kappa shape index (κ3) is 3.22. The lowest BCUT2D eigenvalue weighted by molar-refractivity contribution is -0.270. The molecule has 1 aromatic carbocycles. The van der Waals surface area contributed by atoms with Crippen LogP contribution in [0, 0.1) is 0 Å². The molecule has 1 unspecified atom stereocenters. The quantitative estimate of drug-likeness (QED) is 0.740. The van der Waals surface area contributed by atoms with Gasteiger partial charge in [0.2, 0.25) is 11.5 Å². The lowest BCUT2D eigenvalue weighted by Gasteiger charge is -2.29. The molecule has 0 radical (unpaired) electrons. The number of benzene rings is 1. The molecule has 0 aliphatic carbocycles. The number of aryl methyl sites for hydroxylation is 1. The number of para-hydroxylation sites is 1. The highest BCUT2D eigenvalue weighted by Gasteiger charge is 2.58. The standard InChI is InChI=1S/C15H13F3N4O2S/c1-22-7-6-19-12(22)14(24,15(16,17)18)8-11(23)21-13-20-9-4-2-3-5-10(9)25-13/h2-7,24H,8H2,1H3,(H,20,21,23). The molecule has 3 aromatic rings. The van der Waals surface area contributed by atoms with Crippen molar-refractivity contribution in [2.75, 3.05) is 5.32 Å². The maximum Gasteiger partial charge on any atom is 0.425 e. The van der Waals surface area contributed by atoms with Gasteiger partial charge in [-0.15, -0.1) is 0 Å². The molecular weight excluding hydrogens is 357 g/mol. The number of anilines is 1. The summed E-state index contributed by atoms with van der Waals surface area (Å²) in [4.78, 5) is 19.8. The average molecular weight is 370 g/mol. The van der Waals surface area contributed by atoms with E-state index in [0.717, 1.165) is 26.8 Å². The number of fused-ring (bicyclic) bond motifs is 1. The normalized spacial score (nSPS) is 14.4. The van der Waals surface area contributed by atoms with Crippen molar-refractivity contribution in [2.45, 2.75) is 18.2 Å². The third-order valence-electron chi connectivity index (χ3n) is 3.62. The molecule has 3 rings (SSSR count). The molecule has 1 amide bonds. The van der Waals surface area contributed by atoms with E-state index in [2.05, 4.69) is 15.3 Å². The first-order chi connectivity index (χ1) is 11.7. The maximum absolute atomic E-state index is 13.4. The number of aliphatic hydroxyl groups is 1. The van der Waals surface area contributed by atoms with Gasteiger partial charge in [0.05, 0.1) is 16.6 Å². The van der Waals surface area contributed by atoms with E-state index in [0.29, 0.717) is 5.52 Å². The van der Waals surface area contributed by atoms with Crippen LogP contribution in [0.1, 0.15) is 12.2 Å². The Hall–Kier alpha value is -2.46. The Bertz CT molecular complexity index is 888. The molecule has 10 heteroatoms. The van der Waals surface area contributed by atoms with Crippen LogP contribution in [0.15, 0.2) is 36.7 Å². The number of rotatable bonds is 4. The van der Waals surface area contributed by atoms with Gasteiger partial charge in [0.1, 0.15) is 0 Å². The van der Waals surface area contributed by atoms with Crippen molar-refractivity contribution in [3.05, 3.63) is 42.5 Å². The average Bonchev–Trinajstić information content (AvgIpc) is 3.11. The molecule has 0 aliphatic rings. The van der Waals surface area contributed by atoms with Gasteiger partial charge in [0, 0.05) is 19.4 Å². The fourth-order valence-electron chi connectivity index (χ4n) is 2.39. The number of thiazole rings is 1. The number of nitrogens with zero attached hydrogens (tertiary/aromatic N) is 3. The number of halogens is 3. The summed E-state index contributed by atoms with van der Waals surface area (Å²) in [6.45, 7) is 0. The fraction of sp³-hybridized carbons (Fsp3) is 0.267. The number of imidazole rings is 1. The van der Waals surface area contributed by atoms with Crippen LogP contribution in [0.5, 0.6) is 0 Å². The molecule has 0 saturated carbocycles. The number of nitrogens with one attached hydrogen (secondary N) is 1. The zero-order chi connectivity index (χ0) is 18.2. The molecule has 0 fully saturated rings. The van der Waals surface area contributed by atoms with Gasteiger partial charge in [0.25, 0.3) is 0 Å². The van der Waals surface area contributed by atoms with Crippen LogP contribution in [0.3, 0.4) is 0 Å². The molecular formula is C15H13F3N4O2S. The molecule has 2 heterocycles. The first kappa shape index (κ1) is 17.4. The van der Waals surface area contributed by atoms with Crippen LogP contribution < -0.4 is 5.32 Å². The molecule has 6 nitrogen and oxygen atoms in total. The first-order valence-electron chi connectivity index (χ1n) is 7.13. The molecule has 0 saturated heterocycles. The minimum absolute atomic E-state index is 0.163. The van der Waals surface area contributed by atoms with E-state index < -0.39 is 29.9 Å². The number of hydrogen-bond donors (Lipinski definition) is 2. The summed E-state index contributed by atoms with van der Waals surface area (Å²) in [5, 5.41) is 12.7. The van der Waals surface area contributed by atoms with Crippen molar-refractivity contribution in [2.24, 2.45) is 7.05 Å². The van der Waals surface area contributed by atoms with Crippen LogP contribution in [-0.4, -0.2) is 31.7 Å². The lowest BCUT2D eigenvalue weighted by atomic mass is 9.97. The van der Waals surface area contributed by atoms with Crippen LogP contribution in [0.25, 0.3) is 10.2 Å². The third-order valence-corrected chi connectivity index (χ3v) is 4.57. The summed E-state index contributed by atoms with van der Waals surface area (Å²) in [5.74, 6) is -1.67. The highest BCUT2D eigenvalue weighted by Crippen LogP contribution is 2.41. The fourth-order valence-corrected chi connectivity index (χ4v) is 3.27. The number of hydrogen-bond acceptors (Lipinski definition) is 5. The predicted octanol–water partition coefficient (Wildman–Crippen LogP) is 2.81. The number of amides is 1. The van der Waals surface area contributed by atoms with Gasteiger partial charge in [-0.05, 0) is 12.1 Å².